The molecule has 7 nitrogen and oxygen atoms in total. The first kappa shape index (κ1) is 28.3. The molecular weight excluding hydrogens is 496 g/mol. The van der Waals surface area contributed by atoms with Gasteiger partial charge in [0.05, 0.1) is 20.3 Å². The molecule has 0 amide bonds. The van der Waals surface area contributed by atoms with E-state index in [1.54, 1.807) is 6.08 Å². The van der Waals surface area contributed by atoms with Crippen molar-refractivity contribution >= 4 is 23.5 Å². The largest absolute Gasteiger partial charge is 0.468 e. The summed E-state index contributed by atoms with van der Waals surface area (Å²) in [5.41, 5.74) is -1.87. The maximum Gasteiger partial charge on any atom is 0.320 e. The van der Waals surface area contributed by atoms with Gasteiger partial charge in [-0.2, -0.15) is 0 Å². The minimum Gasteiger partial charge on any atom is -0.468 e. The van der Waals surface area contributed by atoms with Crippen LogP contribution in [0.2, 0.25) is 0 Å². The van der Waals surface area contributed by atoms with Gasteiger partial charge in [0.1, 0.15) is 10.8 Å². The zero-order chi connectivity index (χ0) is 28.9. The van der Waals surface area contributed by atoms with Crippen LogP contribution in [0.1, 0.15) is 80.1 Å². The third-order valence-electron chi connectivity index (χ3n) is 12.8. The van der Waals surface area contributed by atoms with Crippen molar-refractivity contribution in [3.05, 3.63) is 22.8 Å². The van der Waals surface area contributed by atoms with E-state index >= 15 is 0 Å². The van der Waals surface area contributed by atoms with E-state index in [0.717, 1.165) is 24.0 Å². The number of esters is 2. The molecule has 0 spiro atoms. The molecule has 2 saturated carbocycles. The number of ketones is 2. The van der Waals surface area contributed by atoms with Crippen molar-refractivity contribution in [1.82, 2.24) is 0 Å². The molecule has 5 rings (SSSR count). The number of aliphatic hydroxyl groups excluding tert-OH is 1. The van der Waals surface area contributed by atoms with Gasteiger partial charge in [0.25, 0.3) is 0 Å². The quantitative estimate of drug-likeness (QED) is 0.412. The summed E-state index contributed by atoms with van der Waals surface area (Å²) in [4.78, 5) is 55.9. The van der Waals surface area contributed by atoms with Crippen molar-refractivity contribution in [1.29, 1.82) is 0 Å². The molecule has 2 fully saturated rings. The first-order chi connectivity index (χ1) is 18.2. The number of carbonyl (C=O) groups excluding carboxylic acids is 4. The monoisotopic (exact) mass is 540 g/mol. The summed E-state index contributed by atoms with van der Waals surface area (Å²) in [5.74, 6) is -2.64. The van der Waals surface area contributed by atoms with Crippen LogP contribution in [0.3, 0.4) is 0 Å². The maximum absolute atomic E-state index is 14.8. The predicted octanol–water partition coefficient (Wildman–Crippen LogP) is 4.61. The lowest BCUT2D eigenvalue weighted by molar-refractivity contribution is -0.173. The van der Waals surface area contributed by atoms with Crippen molar-refractivity contribution in [2.75, 3.05) is 14.2 Å². The van der Waals surface area contributed by atoms with E-state index in [0.29, 0.717) is 31.3 Å². The Balaban J connectivity index is 1.73. The number of ether oxygens (including phenoxy) is 2. The van der Waals surface area contributed by atoms with Crippen molar-refractivity contribution in [2.24, 2.45) is 51.2 Å². The van der Waals surface area contributed by atoms with Crippen LogP contribution in [0, 0.1) is 51.2 Å². The maximum atomic E-state index is 14.8. The SMILES string of the molecule is COC(=O)[C@]12C(=O)C=C([C@H]3CC[C@@H](O)C4=C3C(=O)[C@]3(C(=O)OC)[C@@H](C)CC[C@]3(C)[C@H]4C)[C@H](C)[C@@]1(C)CC[C@@H]2C. The highest BCUT2D eigenvalue weighted by Gasteiger charge is 2.73. The number of aliphatic hydroxyl groups is 1. The van der Waals surface area contributed by atoms with E-state index in [2.05, 4.69) is 6.92 Å². The Bertz CT molecular complexity index is 1210. The Kier molecular flexibility index (Phi) is 6.42. The van der Waals surface area contributed by atoms with Crippen molar-refractivity contribution in [3.8, 4) is 0 Å². The van der Waals surface area contributed by atoms with Gasteiger partial charge in [-0.3, -0.25) is 19.2 Å². The second kappa shape index (κ2) is 8.86. The molecule has 0 radical (unpaired) electrons. The van der Waals surface area contributed by atoms with Crippen LogP contribution in [0.4, 0.5) is 0 Å². The van der Waals surface area contributed by atoms with Gasteiger partial charge < -0.3 is 14.6 Å². The fraction of sp³-hybridized carbons (Fsp3) is 0.750. The second-order valence-corrected chi connectivity index (χ2v) is 13.6. The van der Waals surface area contributed by atoms with Gasteiger partial charge >= 0.3 is 11.9 Å². The summed E-state index contributed by atoms with van der Waals surface area (Å²) in [7, 11) is 2.68. The van der Waals surface area contributed by atoms with Crippen LogP contribution in [0.15, 0.2) is 22.8 Å². The van der Waals surface area contributed by atoms with Gasteiger partial charge in [0.2, 0.25) is 0 Å². The number of rotatable bonds is 3. The molecule has 0 aliphatic heterocycles. The molecule has 0 aromatic rings. The average Bonchev–Trinajstić information content (AvgIpc) is 3.36. The minimum atomic E-state index is -1.33. The molecule has 39 heavy (non-hydrogen) atoms. The Morgan fingerprint density at radius 2 is 1.33 bits per heavy atom. The van der Waals surface area contributed by atoms with Gasteiger partial charge in [-0.15, -0.1) is 0 Å². The standard InChI is InChI=1S/C32H44O7/c1-16-11-13-29(5)18(3)21(15-23(34)31(16,29)27(36)38-7)20-9-10-22(33)24-19(4)30(6)14-12-17(2)32(30,28(37)39-8)26(35)25(20)24/h15-20,22,33H,9-14H2,1-8H3/t16-,17-,18-,19-,20+,22+,29+,30+,31-,32-/m0/s1. The highest BCUT2D eigenvalue weighted by molar-refractivity contribution is 6.16. The molecule has 10 atom stereocenters. The highest BCUT2D eigenvalue weighted by atomic mass is 16.5. The molecule has 214 valence electrons. The number of allylic oxidation sites excluding steroid dienone is 3. The number of methoxy groups -OCH3 is 2. The summed E-state index contributed by atoms with van der Waals surface area (Å²) in [6.45, 7) is 12.0. The molecule has 0 aromatic carbocycles. The van der Waals surface area contributed by atoms with Crippen molar-refractivity contribution < 1.29 is 33.8 Å². The Labute approximate surface area is 231 Å². The number of hydrogen-bond acceptors (Lipinski definition) is 7. The van der Waals surface area contributed by atoms with Crippen LogP contribution in [0.5, 0.6) is 0 Å². The van der Waals surface area contributed by atoms with E-state index in [1.807, 2.05) is 34.6 Å². The smallest absolute Gasteiger partial charge is 0.320 e. The predicted molar refractivity (Wildman–Crippen MR) is 144 cm³/mol. The summed E-state index contributed by atoms with van der Waals surface area (Å²) in [6, 6.07) is 0. The lowest BCUT2D eigenvalue weighted by Crippen LogP contribution is -2.61. The molecule has 0 bridgehead atoms. The van der Waals surface area contributed by atoms with Crippen LogP contribution >= 0.6 is 0 Å². The first-order valence-electron chi connectivity index (χ1n) is 14.6. The zero-order valence-electron chi connectivity index (χ0n) is 24.7. The zero-order valence-corrected chi connectivity index (χ0v) is 24.7. The van der Waals surface area contributed by atoms with Crippen LogP contribution in [-0.2, 0) is 28.7 Å². The lowest BCUT2D eigenvalue weighted by atomic mass is 9.46. The average molecular weight is 541 g/mol. The number of carbonyl (C=O) groups is 4. The summed E-state index contributed by atoms with van der Waals surface area (Å²) >= 11 is 0. The molecule has 5 aliphatic rings. The molecule has 0 unspecified atom stereocenters. The van der Waals surface area contributed by atoms with E-state index < -0.39 is 45.6 Å². The third-order valence-corrected chi connectivity index (χ3v) is 12.8. The summed E-state index contributed by atoms with van der Waals surface area (Å²) < 4.78 is 10.6. The van der Waals surface area contributed by atoms with Gasteiger partial charge in [0, 0.05) is 11.5 Å². The Morgan fingerprint density at radius 1 is 0.821 bits per heavy atom. The molecule has 5 aliphatic carbocycles. The van der Waals surface area contributed by atoms with Crippen LogP contribution in [-0.4, -0.2) is 48.9 Å². The van der Waals surface area contributed by atoms with Gasteiger partial charge in [-0.1, -0.05) is 47.1 Å². The fourth-order valence-corrected chi connectivity index (χ4v) is 10.4. The third kappa shape index (κ3) is 2.98. The van der Waals surface area contributed by atoms with E-state index in [-0.39, 0.29) is 35.2 Å². The molecule has 7 heteroatoms. The molecule has 0 saturated heterocycles. The Morgan fingerprint density at radius 3 is 1.90 bits per heavy atom. The molecule has 0 heterocycles. The topological polar surface area (TPSA) is 107 Å². The van der Waals surface area contributed by atoms with Crippen LogP contribution < -0.4 is 0 Å². The minimum absolute atomic E-state index is 0.162. The summed E-state index contributed by atoms with van der Waals surface area (Å²) in [6.07, 6.45) is 4.67. The van der Waals surface area contributed by atoms with Gasteiger partial charge in [0.15, 0.2) is 11.6 Å². The number of Topliss-reactive ketones (excluding diaryl/α,β-unsaturated/α-hetero) is 1. The number of hydrogen-bond donors (Lipinski definition) is 1. The van der Waals surface area contributed by atoms with E-state index in [4.69, 9.17) is 9.47 Å². The molecule has 1 N–H and O–H groups in total. The van der Waals surface area contributed by atoms with Crippen molar-refractivity contribution in [2.45, 2.75) is 86.2 Å². The van der Waals surface area contributed by atoms with Gasteiger partial charge in [-0.05, 0) is 84.7 Å². The first-order valence-corrected chi connectivity index (χ1v) is 14.6. The highest BCUT2D eigenvalue weighted by Crippen LogP contribution is 2.69. The van der Waals surface area contributed by atoms with E-state index in [9.17, 15) is 24.3 Å². The number of fused-ring (bicyclic) bond motifs is 2. The molecule has 0 aromatic heterocycles. The van der Waals surface area contributed by atoms with Gasteiger partial charge in [-0.25, -0.2) is 0 Å². The lowest BCUT2D eigenvalue weighted by Gasteiger charge is -2.55. The molecular formula is C32H44O7. The fourth-order valence-electron chi connectivity index (χ4n) is 10.4. The van der Waals surface area contributed by atoms with E-state index in [1.165, 1.54) is 14.2 Å². The normalized spacial score (nSPS) is 47.3. The Hall–Kier alpha value is -2.28. The summed E-state index contributed by atoms with van der Waals surface area (Å²) in [5, 5.41) is 11.3. The van der Waals surface area contributed by atoms with Crippen molar-refractivity contribution in [3.63, 3.8) is 0 Å². The second-order valence-electron chi connectivity index (χ2n) is 13.6. The van der Waals surface area contributed by atoms with Crippen LogP contribution in [0.25, 0.3) is 0 Å².